The van der Waals surface area contributed by atoms with Gasteiger partial charge in [0.15, 0.2) is 11.5 Å². The summed E-state index contributed by atoms with van der Waals surface area (Å²) < 4.78 is 40.7. The molecule has 1 aliphatic heterocycles. The van der Waals surface area contributed by atoms with Gasteiger partial charge in [0.05, 0.1) is 11.6 Å². The van der Waals surface area contributed by atoms with Crippen molar-refractivity contribution in [3.63, 3.8) is 0 Å². The second-order valence-electron chi connectivity index (χ2n) is 7.18. The van der Waals surface area contributed by atoms with Crippen LogP contribution < -0.4 is 10.2 Å². The number of fused-ring (bicyclic) bond motifs is 1. The summed E-state index contributed by atoms with van der Waals surface area (Å²) in [5.41, 5.74) is 0.533. The average Bonchev–Trinajstić information content (AvgIpc) is 3.18. The van der Waals surface area contributed by atoms with Gasteiger partial charge in [0.25, 0.3) is 0 Å². The smallest absolute Gasteiger partial charge is 0.368 e. The highest BCUT2D eigenvalue weighted by Gasteiger charge is 2.31. The van der Waals surface area contributed by atoms with E-state index in [1.165, 1.54) is 6.07 Å². The molecule has 0 spiro atoms. The van der Waals surface area contributed by atoms with Crippen LogP contribution in [0.5, 0.6) is 0 Å². The molecule has 1 saturated heterocycles. The van der Waals surface area contributed by atoms with Gasteiger partial charge in [-0.15, -0.1) is 10.2 Å². The molecule has 1 N–H and O–H groups in total. The predicted octanol–water partition coefficient (Wildman–Crippen LogP) is 3.34. The number of anilines is 1. The third-order valence-corrected chi connectivity index (χ3v) is 5.17. The van der Waals surface area contributed by atoms with Gasteiger partial charge in [-0.1, -0.05) is 12.1 Å². The monoisotopic (exact) mass is 418 g/mol. The van der Waals surface area contributed by atoms with E-state index in [2.05, 4.69) is 15.5 Å². The number of hydrogen-bond donors (Lipinski definition) is 1. The fourth-order valence-electron chi connectivity index (χ4n) is 3.54. The zero-order valence-electron chi connectivity index (χ0n) is 16.3. The maximum Gasteiger partial charge on any atom is 0.416 e. The van der Waals surface area contributed by atoms with Crippen molar-refractivity contribution in [3.05, 3.63) is 60.0 Å². The van der Waals surface area contributed by atoms with Crippen molar-refractivity contribution in [1.82, 2.24) is 24.8 Å². The summed E-state index contributed by atoms with van der Waals surface area (Å²) in [6, 6.07) is 10.2. The van der Waals surface area contributed by atoms with Crippen molar-refractivity contribution >= 4 is 17.4 Å². The zero-order valence-corrected chi connectivity index (χ0v) is 16.3. The molecule has 1 aliphatic rings. The van der Waals surface area contributed by atoms with Crippen LogP contribution in [0.1, 0.15) is 24.4 Å². The number of rotatable bonds is 3. The van der Waals surface area contributed by atoms with Crippen molar-refractivity contribution in [3.8, 4) is 0 Å². The Balaban J connectivity index is 1.37. The molecular formula is C20H21F3N6O. The number of alkyl halides is 3. The molecule has 1 atom stereocenters. The number of piperazine rings is 1. The molecule has 7 nitrogen and oxygen atoms in total. The highest BCUT2D eigenvalue weighted by atomic mass is 19.4. The van der Waals surface area contributed by atoms with Crippen molar-refractivity contribution in [2.45, 2.75) is 19.1 Å². The van der Waals surface area contributed by atoms with E-state index in [1.807, 2.05) is 40.6 Å². The highest BCUT2D eigenvalue weighted by Crippen LogP contribution is 2.31. The molecule has 3 aromatic rings. The molecular weight excluding hydrogens is 397 g/mol. The molecule has 1 unspecified atom stereocenters. The van der Waals surface area contributed by atoms with Gasteiger partial charge in [0.1, 0.15) is 0 Å². The Kier molecular flexibility index (Phi) is 5.23. The van der Waals surface area contributed by atoms with E-state index in [4.69, 9.17) is 0 Å². The molecule has 2 amide bonds. The minimum Gasteiger partial charge on any atom is -0.368 e. The van der Waals surface area contributed by atoms with Crippen LogP contribution in [0.4, 0.5) is 23.7 Å². The number of carbonyl (C=O) groups is 1. The van der Waals surface area contributed by atoms with Crippen LogP contribution in [-0.2, 0) is 6.18 Å². The standard InChI is InChI=1S/C20H21F3N6O/c1-14(18-26-25-17-7-2-3-8-29(17)18)24-19(30)28-11-9-27(10-12-28)16-6-4-5-15(13-16)20(21,22)23/h2-8,13-14H,9-12H2,1H3,(H,24,30). The van der Waals surface area contributed by atoms with Gasteiger partial charge in [0.2, 0.25) is 0 Å². The summed E-state index contributed by atoms with van der Waals surface area (Å²) >= 11 is 0. The number of amides is 2. The molecule has 0 radical (unpaired) electrons. The zero-order chi connectivity index (χ0) is 21.3. The van der Waals surface area contributed by atoms with Crippen molar-refractivity contribution in [2.24, 2.45) is 0 Å². The van der Waals surface area contributed by atoms with Gasteiger partial charge in [0, 0.05) is 38.1 Å². The fraction of sp³-hybridized carbons (Fsp3) is 0.350. The van der Waals surface area contributed by atoms with E-state index in [9.17, 15) is 18.0 Å². The maximum absolute atomic E-state index is 12.9. The summed E-state index contributed by atoms with van der Waals surface area (Å²) in [4.78, 5) is 16.2. The van der Waals surface area contributed by atoms with E-state index in [0.29, 0.717) is 43.3 Å². The van der Waals surface area contributed by atoms with Gasteiger partial charge in [-0.25, -0.2) is 4.79 Å². The van der Waals surface area contributed by atoms with Gasteiger partial charge in [-0.3, -0.25) is 4.40 Å². The number of aromatic nitrogens is 3. The number of carbonyl (C=O) groups excluding carboxylic acids is 1. The van der Waals surface area contributed by atoms with Crippen LogP contribution in [0.3, 0.4) is 0 Å². The fourth-order valence-corrected chi connectivity index (χ4v) is 3.54. The largest absolute Gasteiger partial charge is 0.416 e. The quantitative estimate of drug-likeness (QED) is 0.709. The molecule has 10 heteroatoms. The molecule has 4 rings (SSSR count). The summed E-state index contributed by atoms with van der Waals surface area (Å²) in [7, 11) is 0. The molecule has 2 aromatic heterocycles. The molecule has 158 valence electrons. The van der Waals surface area contributed by atoms with Crippen LogP contribution in [0, 0.1) is 0 Å². The van der Waals surface area contributed by atoms with E-state index in [1.54, 1.807) is 11.0 Å². The number of benzene rings is 1. The van der Waals surface area contributed by atoms with E-state index < -0.39 is 11.7 Å². The van der Waals surface area contributed by atoms with Crippen LogP contribution in [0.2, 0.25) is 0 Å². The van der Waals surface area contributed by atoms with Crippen LogP contribution in [0.15, 0.2) is 48.7 Å². The second-order valence-corrected chi connectivity index (χ2v) is 7.18. The number of pyridine rings is 1. The van der Waals surface area contributed by atoms with E-state index >= 15 is 0 Å². The Bertz CT molecular complexity index is 1040. The van der Waals surface area contributed by atoms with Gasteiger partial charge in [-0.05, 0) is 37.3 Å². The third-order valence-electron chi connectivity index (χ3n) is 5.17. The molecule has 30 heavy (non-hydrogen) atoms. The van der Waals surface area contributed by atoms with Crippen molar-refractivity contribution in [1.29, 1.82) is 0 Å². The Hall–Kier alpha value is -3.30. The molecule has 0 bridgehead atoms. The van der Waals surface area contributed by atoms with Gasteiger partial charge in [-0.2, -0.15) is 13.2 Å². The van der Waals surface area contributed by atoms with Gasteiger partial charge < -0.3 is 15.1 Å². The van der Waals surface area contributed by atoms with Crippen molar-refractivity contribution in [2.75, 3.05) is 31.1 Å². The number of hydrogen-bond acceptors (Lipinski definition) is 4. The first-order chi connectivity index (χ1) is 14.3. The molecule has 1 fully saturated rings. The van der Waals surface area contributed by atoms with Crippen molar-refractivity contribution < 1.29 is 18.0 Å². The lowest BCUT2D eigenvalue weighted by molar-refractivity contribution is -0.137. The Labute approximate surface area is 171 Å². The second kappa shape index (κ2) is 7.85. The number of urea groups is 1. The van der Waals surface area contributed by atoms with Crippen LogP contribution in [-0.4, -0.2) is 51.7 Å². The number of nitrogens with zero attached hydrogens (tertiary/aromatic N) is 5. The lowest BCUT2D eigenvalue weighted by Crippen LogP contribution is -2.52. The lowest BCUT2D eigenvalue weighted by atomic mass is 10.1. The third kappa shape index (κ3) is 4.03. The Morgan fingerprint density at radius 2 is 1.83 bits per heavy atom. The average molecular weight is 418 g/mol. The lowest BCUT2D eigenvalue weighted by Gasteiger charge is -2.36. The predicted molar refractivity (Wildman–Crippen MR) is 105 cm³/mol. The van der Waals surface area contributed by atoms with Crippen LogP contribution >= 0.6 is 0 Å². The van der Waals surface area contributed by atoms with E-state index in [-0.39, 0.29) is 12.1 Å². The minimum atomic E-state index is -4.38. The van der Waals surface area contributed by atoms with E-state index in [0.717, 1.165) is 12.1 Å². The normalized spacial score (nSPS) is 16.0. The Morgan fingerprint density at radius 3 is 2.57 bits per heavy atom. The van der Waals surface area contributed by atoms with Crippen LogP contribution in [0.25, 0.3) is 5.65 Å². The number of halogens is 3. The van der Waals surface area contributed by atoms with Gasteiger partial charge >= 0.3 is 12.2 Å². The molecule has 1 aromatic carbocycles. The summed E-state index contributed by atoms with van der Waals surface area (Å²) in [5.74, 6) is 0.626. The summed E-state index contributed by atoms with van der Waals surface area (Å²) in [6.07, 6.45) is -2.54. The maximum atomic E-state index is 12.9. The minimum absolute atomic E-state index is 0.237. The SMILES string of the molecule is CC(NC(=O)N1CCN(c2cccc(C(F)(F)F)c2)CC1)c1nnc2ccccn12. The number of nitrogens with one attached hydrogen (secondary N) is 1. The molecule has 3 heterocycles. The molecule has 0 aliphatic carbocycles. The first kappa shape index (κ1) is 20.0. The first-order valence-corrected chi connectivity index (χ1v) is 9.60. The Morgan fingerprint density at radius 1 is 1.07 bits per heavy atom. The first-order valence-electron chi connectivity index (χ1n) is 9.60. The summed E-state index contributed by atoms with van der Waals surface area (Å²) in [5, 5.41) is 11.2. The topological polar surface area (TPSA) is 65.8 Å². The molecule has 0 saturated carbocycles. The summed E-state index contributed by atoms with van der Waals surface area (Å²) in [6.45, 7) is 3.57. The highest BCUT2D eigenvalue weighted by molar-refractivity contribution is 5.75.